The molecule has 1 N–H and O–H groups in total. The van der Waals surface area contributed by atoms with Crippen molar-refractivity contribution in [1.82, 2.24) is 4.90 Å². The van der Waals surface area contributed by atoms with E-state index in [2.05, 4.69) is 0 Å². The van der Waals surface area contributed by atoms with Gasteiger partial charge < -0.3 is 10.0 Å². The number of carbonyl (C=O) groups is 2. The molecule has 1 aromatic carbocycles. The third-order valence-corrected chi connectivity index (χ3v) is 4.86. The fraction of sp³-hybridized carbons (Fsp3) is 0.250. The molecule has 1 aliphatic rings. The summed E-state index contributed by atoms with van der Waals surface area (Å²) in [5.74, 6) is -1.10. The van der Waals surface area contributed by atoms with E-state index in [4.69, 9.17) is 16.7 Å². The number of carbonyl (C=O) groups excluding carboxylic acids is 1. The van der Waals surface area contributed by atoms with Crippen molar-refractivity contribution in [3.8, 4) is 0 Å². The molecule has 114 valence electrons. The number of carboxylic acid groups (broad SMARTS) is 1. The maximum atomic E-state index is 12.7. The van der Waals surface area contributed by atoms with E-state index in [0.717, 1.165) is 29.7 Å². The second kappa shape index (κ2) is 6.10. The number of thiophene rings is 1. The summed E-state index contributed by atoms with van der Waals surface area (Å²) in [4.78, 5) is 26.1. The molecule has 3 rings (SSSR count). The van der Waals surface area contributed by atoms with Crippen LogP contribution in [0.3, 0.4) is 0 Å². The number of hydrogen-bond acceptors (Lipinski definition) is 3. The molecule has 1 saturated carbocycles. The summed E-state index contributed by atoms with van der Waals surface area (Å²) in [5, 5.41) is 9.64. The van der Waals surface area contributed by atoms with Gasteiger partial charge in [-0.3, -0.25) is 4.79 Å². The van der Waals surface area contributed by atoms with Crippen LogP contribution in [0.25, 0.3) is 0 Å². The van der Waals surface area contributed by atoms with E-state index in [9.17, 15) is 9.59 Å². The van der Waals surface area contributed by atoms with Crippen LogP contribution in [0.15, 0.2) is 36.4 Å². The van der Waals surface area contributed by atoms with Gasteiger partial charge in [0.25, 0.3) is 5.91 Å². The second-order valence-electron chi connectivity index (χ2n) is 5.26. The van der Waals surface area contributed by atoms with Crippen LogP contribution >= 0.6 is 22.9 Å². The van der Waals surface area contributed by atoms with Gasteiger partial charge in [-0.15, -0.1) is 11.3 Å². The summed E-state index contributed by atoms with van der Waals surface area (Å²) in [5.41, 5.74) is 1.01. The summed E-state index contributed by atoms with van der Waals surface area (Å²) in [6.07, 6.45) is 1.99. The van der Waals surface area contributed by atoms with Gasteiger partial charge in [0.2, 0.25) is 0 Å². The first-order valence-electron chi connectivity index (χ1n) is 6.93. The summed E-state index contributed by atoms with van der Waals surface area (Å²) in [7, 11) is 0. The first-order valence-corrected chi connectivity index (χ1v) is 8.12. The minimum Gasteiger partial charge on any atom is -0.477 e. The van der Waals surface area contributed by atoms with Gasteiger partial charge in [0.05, 0.1) is 4.88 Å². The molecule has 0 unspecified atom stereocenters. The Morgan fingerprint density at radius 2 is 1.77 bits per heavy atom. The zero-order valence-corrected chi connectivity index (χ0v) is 13.2. The Morgan fingerprint density at radius 1 is 1.14 bits per heavy atom. The van der Waals surface area contributed by atoms with Crippen LogP contribution in [0.1, 0.15) is 37.7 Å². The molecule has 0 atom stereocenters. The fourth-order valence-electron chi connectivity index (χ4n) is 2.25. The van der Waals surface area contributed by atoms with Gasteiger partial charge >= 0.3 is 5.97 Å². The Bertz CT molecular complexity index is 706. The number of halogens is 1. The van der Waals surface area contributed by atoms with Gasteiger partial charge in [0.1, 0.15) is 4.88 Å². The highest BCUT2D eigenvalue weighted by molar-refractivity contribution is 7.15. The Labute approximate surface area is 136 Å². The predicted molar refractivity (Wildman–Crippen MR) is 85.6 cm³/mol. The van der Waals surface area contributed by atoms with Crippen molar-refractivity contribution < 1.29 is 14.7 Å². The summed E-state index contributed by atoms with van der Waals surface area (Å²) in [6.45, 7) is 0.515. The molecule has 1 aromatic heterocycles. The van der Waals surface area contributed by atoms with Crippen molar-refractivity contribution in [2.45, 2.75) is 25.4 Å². The lowest BCUT2D eigenvalue weighted by Crippen LogP contribution is -2.32. The summed E-state index contributed by atoms with van der Waals surface area (Å²) in [6, 6.07) is 10.7. The molecule has 1 amide bonds. The highest BCUT2D eigenvalue weighted by Gasteiger charge is 2.33. The van der Waals surface area contributed by atoms with E-state index in [0.29, 0.717) is 16.4 Å². The molecule has 1 fully saturated rings. The summed E-state index contributed by atoms with van der Waals surface area (Å²) < 4.78 is 0. The number of carboxylic acids is 1. The van der Waals surface area contributed by atoms with Gasteiger partial charge in [-0.05, 0) is 42.7 Å². The maximum absolute atomic E-state index is 12.7. The van der Waals surface area contributed by atoms with Crippen molar-refractivity contribution in [3.63, 3.8) is 0 Å². The topological polar surface area (TPSA) is 57.6 Å². The van der Waals surface area contributed by atoms with Gasteiger partial charge in [-0.25, -0.2) is 4.79 Å². The normalized spacial score (nSPS) is 13.9. The van der Waals surface area contributed by atoms with Crippen molar-refractivity contribution in [1.29, 1.82) is 0 Å². The third-order valence-electron chi connectivity index (χ3n) is 3.54. The molecule has 0 spiro atoms. The van der Waals surface area contributed by atoms with Crippen LogP contribution in [-0.2, 0) is 6.54 Å². The van der Waals surface area contributed by atoms with Crippen LogP contribution in [0.5, 0.6) is 0 Å². The number of hydrogen-bond donors (Lipinski definition) is 1. The van der Waals surface area contributed by atoms with Crippen LogP contribution < -0.4 is 0 Å². The SMILES string of the molecule is O=C(O)c1ccc(C(=O)N(Cc2ccc(Cl)cc2)C2CC2)s1. The molecule has 0 radical (unpaired) electrons. The predicted octanol–water partition coefficient (Wildman–Crippen LogP) is 3.90. The molecule has 1 aliphatic carbocycles. The van der Waals surface area contributed by atoms with E-state index in [1.165, 1.54) is 6.07 Å². The molecular formula is C16H14ClNO3S. The third kappa shape index (κ3) is 3.31. The van der Waals surface area contributed by atoms with Crippen LogP contribution in [0, 0.1) is 0 Å². The molecule has 4 nitrogen and oxygen atoms in total. The number of benzene rings is 1. The molecule has 2 aromatic rings. The van der Waals surface area contributed by atoms with E-state index in [1.807, 2.05) is 17.0 Å². The van der Waals surface area contributed by atoms with Crippen molar-refractivity contribution in [2.24, 2.45) is 0 Å². The van der Waals surface area contributed by atoms with Gasteiger partial charge in [0, 0.05) is 17.6 Å². The fourth-order valence-corrected chi connectivity index (χ4v) is 3.18. The average Bonchev–Trinajstić information content (AvgIpc) is 3.21. The number of amides is 1. The van der Waals surface area contributed by atoms with Crippen LogP contribution in [0.2, 0.25) is 5.02 Å². The molecule has 6 heteroatoms. The summed E-state index contributed by atoms with van der Waals surface area (Å²) >= 11 is 6.90. The quantitative estimate of drug-likeness (QED) is 0.901. The maximum Gasteiger partial charge on any atom is 0.345 e. The standard InChI is InChI=1S/C16H14ClNO3S/c17-11-3-1-10(2-4-11)9-18(12-5-6-12)15(19)13-7-8-14(22-13)16(20)21/h1-4,7-8,12H,5-6,9H2,(H,20,21). The minimum absolute atomic E-state index is 0.102. The minimum atomic E-state index is -1.00. The molecule has 0 saturated heterocycles. The Balaban J connectivity index is 1.79. The smallest absolute Gasteiger partial charge is 0.345 e. The molecule has 1 heterocycles. The van der Waals surface area contributed by atoms with Gasteiger partial charge in [-0.2, -0.15) is 0 Å². The Morgan fingerprint density at radius 3 is 2.32 bits per heavy atom. The largest absolute Gasteiger partial charge is 0.477 e. The van der Waals surface area contributed by atoms with Crippen molar-refractivity contribution in [2.75, 3.05) is 0 Å². The van der Waals surface area contributed by atoms with E-state index < -0.39 is 5.97 Å². The average molecular weight is 336 g/mol. The molecule has 0 aliphatic heterocycles. The molecular weight excluding hydrogens is 322 g/mol. The van der Waals surface area contributed by atoms with Gasteiger partial charge in [0.15, 0.2) is 0 Å². The zero-order chi connectivity index (χ0) is 15.7. The van der Waals surface area contributed by atoms with E-state index in [1.54, 1.807) is 18.2 Å². The van der Waals surface area contributed by atoms with E-state index in [-0.39, 0.29) is 16.8 Å². The number of nitrogens with zero attached hydrogens (tertiary/aromatic N) is 1. The lowest BCUT2D eigenvalue weighted by atomic mass is 10.2. The van der Waals surface area contributed by atoms with Crippen LogP contribution in [0.4, 0.5) is 0 Å². The molecule has 22 heavy (non-hydrogen) atoms. The van der Waals surface area contributed by atoms with Crippen molar-refractivity contribution in [3.05, 3.63) is 56.7 Å². The van der Waals surface area contributed by atoms with Gasteiger partial charge in [-0.1, -0.05) is 23.7 Å². The first kappa shape index (κ1) is 15.1. The molecule has 0 bridgehead atoms. The number of aromatic carboxylic acids is 1. The highest BCUT2D eigenvalue weighted by Crippen LogP contribution is 2.31. The number of rotatable bonds is 5. The second-order valence-corrected chi connectivity index (χ2v) is 6.78. The first-order chi connectivity index (χ1) is 10.5. The monoisotopic (exact) mass is 335 g/mol. The van der Waals surface area contributed by atoms with Crippen LogP contribution in [-0.4, -0.2) is 27.9 Å². The Hall–Kier alpha value is -1.85. The zero-order valence-electron chi connectivity index (χ0n) is 11.7. The lowest BCUT2D eigenvalue weighted by molar-refractivity contribution is 0.0700. The van der Waals surface area contributed by atoms with Crippen molar-refractivity contribution >= 4 is 34.8 Å². The highest BCUT2D eigenvalue weighted by atomic mass is 35.5. The Kier molecular flexibility index (Phi) is 4.18. The lowest BCUT2D eigenvalue weighted by Gasteiger charge is -2.22. The van der Waals surface area contributed by atoms with E-state index >= 15 is 0 Å².